The second-order valence-electron chi connectivity index (χ2n) is 6.60. The molecule has 0 aromatic heterocycles. The molecule has 2 aliphatic carbocycles. The van der Waals surface area contributed by atoms with E-state index in [0.29, 0.717) is 24.3 Å². The number of benzene rings is 1. The predicted molar refractivity (Wildman–Crippen MR) is 90.2 cm³/mol. The third-order valence-corrected chi connectivity index (χ3v) is 6.90. The molecule has 23 heavy (non-hydrogen) atoms. The highest BCUT2D eigenvalue weighted by Gasteiger charge is 2.55. The molecule has 1 aromatic carbocycles. The van der Waals surface area contributed by atoms with E-state index in [4.69, 9.17) is 0 Å². The van der Waals surface area contributed by atoms with Gasteiger partial charge in [-0.15, -0.1) is 0 Å². The second kappa shape index (κ2) is 6.15. The maximum absolute atomic E-state index is 12.1. The third-order valence-electron chi connectivity index (χ3n) is 5.21. The molecule has 126 valence electrons. The molecule has 0 bridgehead atoms. The molecule has 0 unspecified atom stereocenters. The lowest BCUT2D eigenvalue weighted by atomic mass is 10.0. The van der Waals surface area contributed by atoms with Crippen LogP contribution in [0.4, 0.5) is 4.79 Å². The third kappa shape index (κ3) is 3.37. The number of nitrogens with zero attached hydrogens (tertiary/aromatic N) is 1. The molecule has 1 fully saturated rings. The second-order valence-corrected chi connectivity index (χ2v) is 9.07. The standard InChI is InChI=1S/C17H24N2O3S/c1-3-23(21,22)9-8-19(2)17(20)18-11-15-14-10-12-6-4-5-7-13(12)16(14)15/h4-7,14-16H,3,8-11H2,1-2H3,(H,18,20)/t14-,15+,16+/m0/s1. The molecule has 0 aliphatic heterocycles. The Morgan fingerprint density at radius 3 is 2.83 bits per heavy atom. The van der Waals surface area contributed by atoms with E-state index in [1.165, 1.54) is 16.0 Å². The quantitative estimate of drug-likeness (QED) is 0.859. The highest BCUT2D eigenvalue weighted by Crippen LogP contribution is 2.60. The number of amides is 2. The minimum absolute atomic E-state index is 0.0233. The van der Waals surface area contributed by atoms with Crippen LogP contribution in [-0.4, -0.2) is 51.0 Å². The van der Waals surface area contributed by atoms with Crippen molar-refractivity contribution in [2.75, 3.05) is 31.6 Å². The molecule has 2 amide bonds. The zero-order chi connectivity index (χ0) is 16.6. The Labute approximate surface area is 138 Å². The molecule has 3 atom stereocenters. The maximum atomic E-state index is 12.1. The molecule has 0 saturated heterocycles. The SMILES string of the molecule is CCS(=O)(=O)CCN(C)C(=O)NC[C@@H]1[C@@H]2Cc3ccccc3[C@@H]12. The summed E-state index contributed by atoms with van der Waals surface area (Å²) in [7, 11) is -1.39. The van der Waals surface area contributed by atoms with Crippen LogP contribution in [-0.2, 0) is 16.3 Å². The Bertz CT molecular complexity index is 702. The van der Waals surface area contributed by atoms with Crippen molar-refractivity contribution in [3.8, 4) is 0 Å². The van der Waals surface area contributed by atoms with Crippen molar-refractivity contribution in [3.63, 3.8) is 0 Å². The number of hydrogen-bond acceptors (Lipinski definition) is 3. The van der Waals surface area contributed by atoms with Crippen LogP contribution in [0.2, 0.25) is 0 Å². The number of fused-ring (bicyclic) bond motifs is 3. The molecule has 5 nitrogen and oxygen atoms in total. The molecule has 0 spiro atoms. The van der Waals surface area contributed by atoms with Gasteiger partial charge in [0.15, 0.2) is 9.84 Å². The average Bonchev–Trinajstić information content (AvgIpc) is 3.08. The molecule has 3 rings (SSSR count). The monoisotopic (exact) mass is 336 g/mol. The van der Waals surface area contributed by atoms with Crippen LogP contribution in [0.25, 0.3) is 0 Å². The van der Waals surface area contributed by atoms with Gasteiger partial charge in [0.05, 0.1) is 5.75 Å². The van der Waals surface area contributed by atoms with E-state index in [1.807, 2.05) is 0 Å². The van der Waals surface area contributed by atoms with Gasteiger partial charge in [0.25, 0.3) is 0 Å². The summed E-state index contributed by atoms with van der Waals surface area (Å²) >= 11 is 0. The minimum atomic E-state index is -3.03. The van der Waals surface area contributed by atoms with Gasteiger partial charge < -0.3 is 10.2 Å². The van der Waals surface area contributed by atoms with Crippen molar-refractivity contribution in [1.82, 2.24) is 10.2 Å². The molecule has 6 heteroatoms. The van der Waals surface area contributed by atoms with E-state index in [2.05, 4.69) is 29.6 Å². The first-order chi connectivity index (χ1) is 10.9. The number of sulfone groups is 1. The van der Waals surface area contributed by atoms with Crippen LogP contribution < -0.4 is 5.32 Å². The van der Waals surface area contributed by atoms with Crippen molar-refractivity contribution >= 4 is 15.9 Å². The molecular formula is C17H24N2O3S. The Balaban J connectivity index is 1.45. The Hall–Kier alpha value is -1.56. The van der Waals surface area contributed by atoms with E-state index in [1.54, 1.807) is 14.0 Å². The fourth-order valence-corrected chi connectivity index (χ4v) is 4.46. The van der Waals surface area contributed by atoms with Crippen molar-refractivity contribution in [3.05, 3.63) is 35.4 Å². The van der Waals surface area contributed by atoms with Gasteiger partial charge in [-0.3, -0.25) is 0 Å². The van der Waals surface area contributed by atoms with Gasteiger partial charge in [0, 0.05) is 25.9 Å². The van der Waals surface area contributed by atoms with Crippen molar-refractivity contribution in [1.29, 1.82) is 0 Å². The maximum Gasteiger partial charge on any atom is 0.317 e. The van der Waals surface area contributed by atoms with Gasteiger partial charge in [-0.25, -0.2) is 13.2 Å². The number of hydrogen-bond donors (Lipinski definition) is 1. The molecular weight excluding hydrogens is 312 g/mol. The van der Waals surface area contributed by atoms with Gasteiger partial charge >= 0.3 is 6.03 Å². The minimum Gasteiger partial charge on any atom is -0.338 e. The summed E-state index contributed by atoms with van der Waals surface area (Å²) in [6, 6.07) is 8.37. The summed E-state index contributed by atoms with van der Waals surface area (Å²) in [6.07, 6.45) is 1.12. The summed E-state index contributed by atoms with van der Waals surface area (Å²) in [5.74, 6) is 1.93. The zero-order valence-electron chi connectivity index (χ0n) is 13.7. The molecule has 1 aromatic rings. The van der Waals surface area contributed by atoms with Crippen LogP contribution in [0.15, 0.2) is 24.3 Å². The smallest absolute Gasteiger partial charge is 0.317 e. The Morgan fingerprint density at radius 1 is 1.35 bits per heavy atom. The first kappa shape index (κ1) is 16.3. The molecule has 1 saturated carbocycles. The van der Waals surface area contributed by atoms with Gasteiger partial charge in [0.1, 0.15) is 0 Å². The lowest BCUT2D eigenvalue weighted by molar-refractivity contribution is 0.210. The summed E-state index contributed by atoms with van der Waals surface area (Å²) in [5.41, 5.74) is 2.89. The summed E-state index contributed by atoms with van der Waals surface area (Å²) in [5, 5.41) is 2.95. The van der Waals surface area contributed by atoms with E-state index >= 15 is 0 Å². The zero-order valence-corrected chi connectivity index (χ0v) is 14.5. The van der Waals surface area contributed by atoms with Crippen LogP contribution in [0.3, 0.4) is 0 Å². The average molecular weight is 336 g/mol. The van der Waals surface area contributed by atoms with Gasteiger partial charge in [0.2, 0.25) is 0 Å². The fourth-order valence-electron chi connectivity index (χ4n) is 3.62. The van der Waals surface area contributed by atoms with E-state index in [9.17, 15) is 13.2 Å². The Morgan fingerprint density at radius 2 is 2.09 bits per heavy atom. The van der Waals surface area contributed by atoms with Crippen LogP contribution >= 0.6 is 0 Å². The first-order valence-electron chi connectivity index (χ1n) is 8.20. The Kier molecular flexibility index (Phi) is 4.36. The predicted octanol–water partition coefficient (Wildman–Crippen LogP) is 1.65. The van der Waals surface area contributed by atoms with E-state index in [-0.39, 0.29) is 24.1 Å². The number of rotatable bonds is 6. The van der Waals surface area contributed by atoms with Crippen molar-refractivity contribution in [2.24, 2.45) is 11.8 Å². The van der Waals surface area contributed by atoms with Crippen LogP contribution in [0.5, 0.6) is 0 Å². The van der Waals surface area contributed by atoms with Gasteiger partial charge in [-0.1, -0.05) is 31.2 Å². The number of carbonyl (C=O) groups excluding carboxylic acids is 1. The van der Waals surface area contributed by atoms with E-state index in [0.717, 1.165) is 6.42 Å². The summed E-state index contributed by atoms with van der Waals surface area (Å²) in [6.45, 7) is 2.54. The van der Waals surface area contributed by atoms with Crippen molar-refractivity contribution < 1.29 is 13.2 Å². The molecule has 0 heterocycles. The number of nitrogens with one attached hydrogen (secondary N) is 1. The summed E-state index contributed by atoms with van der Waals surface area (Å²) < 4.78 is 23.0. The normalized spacial score (nSPS) is 24.7. The molecule has 2 aliphatic rings. The van der Waals surface area contributed by atoms with Crippen LogP contribution in [0, 0.1) is 11.8 Å². The largest absolute Gasteiger partial charge is 0.338 e. The van der Waals surface area contributed by atoms with Crippen LogP contribution in [0.1, 0.15) is 24.0 Å². The first-order valence-corrected chi connectivity index (χ1v) is 10.0. The highest BCUT2D eigenvalue weighted by molar-refractivity contribution is 7.91. The topological polar surface area (TPSA) is 66.5 Å². The van der Waals surface area contributed by atoms with Gasteiger partial charge in [-0.05, 0) is 35.3 Å². The fraction of sp³-hybridized carbons (Fsp3) is 0.588. The lowest BCUT2D eigenvalue weighted by Crippen LogP contribution is -2.40. The lowest BCUT2D eigenvalue weighted by Gasteiger charge is -2.18. The number of carbonyl (C=O) groups is 1. The molecule has 0 radical (unpaired) electrons. The van der Waals surface area contributed by atoms with E-state index < -0.39 is 9.84 Å². The summed E-state index contributed by atoms with van der Waals surface area (Å²) in [4.78, 5) is 13.5. The van der Waals surface area contributed by atoms with Gasteiger partial charge in [-0.2, -0.15) is 0 Å². The number of urea groups is 1. The highest BCUT2D eigenvalue weighted by atomic mass is 32.2. The molecule has 1 N–H and O–H groups in total. The van der Waals surface area contributed by atoms with Crippen molar-refractivity contribution in [2.45, 2.75) is 19.3 Å².